The van der Waals surface area contributed by atoms with E-state index >= 15 is 0 Å². The van der Waals surface area contributed by atoms with E-state index in [1.54, 1.807) is 12.1 Å². The molecular formula is C25H32N2O3. The number of nitrogens with zero attached hydrogens (tertiary/aromatic N) is 1. The van der Waals surface area contributed by atoms with Crippen LogP contribution in [0.25, 0.3) is 0 Å². The average Bonchev–Trinajstić information content (AvgIpc) is 3.07. The van der Waals surface area contributed by atoms with Crippen LogP contribution in [-0.4, -0.2) is 36.4 Å². The van der Waals surface area contributed by atoms with Crippen molar-refractivity contribution in [3.8, 4) is 5.75 Å². The van der Waals surface area contributed by atoms with Gasteiger partial charge in [0, 0.05) is 13.1 Å². The minimum atomic E-state index is -0.273. The first-order chi connectivity index (χ1) is 14.6. The van der Waals surface area contributed by atoms with Gasteiger partial charge in [0.15, 0.2) is 6.61 Å². The van der Waals surface area contributed by atoms with Gasteiger partial charge in [-0.2, -0.15) is 0 Å². The summed E-state index contributed by atoms with van der Waals surface area (Å²) in [5.74, 6) is 0.799. The molecule has 1 atom stereocenters. The zero-order valence-electron chi connectivity index (χ0n) is 18.0. The number of carbonyl (C=O) groups excluding carboxylic acids is 2. The molecule has 1 fully saturated rings. The number of amides is 2. The number of nitrogens with one attached hydrogen (secondary N) is 1. The number of hydrogen-bond donors (Lipinski definition) is 1. The number of para-hydroxylation sites is 2. The second kappa shape index (κ2) is 10.8. The van der Waals surface area contributed by atoms with Gasteiger partial charge in [0.25, 0.3) is 11.8 Å². The molecule has 0 radical (unpaired) electrons. The molecule has 5 nitrogen and oxygen atoms in total. The largest absolute Gasteiger partial charge is 0.483 e. The van der Waals surface area contributed by atoms with Crippen LogP contribution in [0, 0.1) is 0 Å². The van der Waals surface area contributed by atoms with Gasteiger partial charge < -0.3 is 15.0 Å². The minimum Gasteiger partial charge on any atom is -0.483 e. The number of likely N-dealkylation sites (tertiary alicyclic amines) is 1. The molecule has 1 aliphatic heterocycles. The third-order valence-corrected chi connectivity index (χ3v) is 5.75. The highest BCUT2D eigenvalue weighted by Gasteiger charge is 2.21. The average molecular weight is 409 g/mol. The van der Waals surface area contributed by atoms with Gasteiger partial charge in [-0.3, -0.25) is 9.59 Å². The molecule has 3 rings (SSSR count). The van der Waals surface area contributed by atoms with Crippen molar-refractivity contribution in [1.82, 2.24) is 4.90 Å². The lowest BCUT2D eigenvalue weighted by Crippen LogP contribution is -2.33. The molecule has 0 spiro atoms. The van der Waals surface area contributed by atoms with Gasteiger partial charge in [-0.15, -0.1) is 0 Å². The van der Waals surface area contributed by atoms with Gasteiger partial charge in [-0.25, -0.2) is 0 Å². The number of ether oxygens (including phenoxy) is 1. The molecule has 2 aromatic rings. The number of carbonyl (C=O) groups is 2. The molecular weight excluding hydrogens is 376 g/mol. The molecule has 2 amide bonds. The summed E-state index contributed by atoms with van der Waals surface area (Å²) in [7, 11) is 0. The number of anilines is 1. The lowest BCUT2D eigenvalue weighted by Gasteiger charge is -2.22. The third kappa shape index (κ3) is 5.62. The second-order valence-corrected chi connectivity index (χ2v) is 7.94. The normalized spacial score (nSPS) is 15.2. The van der Waals surface area contributed by atoms with Crippen LogP contribution in [0.1, 0.15) is 67.8 Å². The second-order valence-electron chi connectivity index (χ2n) is 7.94. The Hall–Kier alpha value is -2.82. The highest BCUT2D eigenvalue weighted by atomic mass is 16.5. The third-order valence-electron chi connectivity index (χ3n) is 5.75. The van der Waals surface area contributed by atoms with Crippen LogP contribution < -0.4 is 10.1 Å². The number of hydrogen-bond acceptors (Lipinski definition) is 3. The Balaban J connectivity index is 1.66. The van der Waals surface area contributed by atoms with E-state index in [4.69, 9.17) is 4.74 Å². The number of benzene rings is 2. The van der Waals surface area contributed by atoms with E-state index in [2.05, 4.69) is 19.2 Å². The Labute approximate surface area is 179 Å². The Bertz CT molecular complexity index is 857. The molecule has 2 aromatic carbocycles. The van der Waals surface area contributed by atoms with Crippen LogP contribution in [0.2, 0.25) is 0 Å². The molecule has 160 valence electrons. The zero-order chi connectivity index (χ0) is 21.3. The van der Waals surface area contributed by atoms with Crippen molar-refractivity contribution in [1.29, 1.82) is 0 Å². The lowest BCUT2D eigenvalue weighted by molar-refractivity contribution is -0.118. The highest BCUT2D eigenvalue weighted by molar-refractivity contribution is 6.04. The Morgan fingerprint density at radius 2 is 1.67 bits per heavy atom. The van der Waals surface area contributed by atoms with Crippen LogP contribution in [0.15, 0.2) is 48.5 Å². The van der Waals surface area contributed by atoms with Crippen molar-refractivity contribution < 1.29 is 14.3 Å². The van der Waals surface area contributed by atoms with Crippen LogP contribution >= 0.6 is 0 Å². The van der Waals surface area contributed by atoms with Crippen LogP contribution in [0.5, 0.6) is 5.75 Å². The molecule has 1 unspecified atom stereocenters. The van der Waals surface area contributed by atoms with Gasteiger partial charge in [0.2, 0.25) is 0 Å². The lowest BCUT2D eigenvalue weighted by atomic mass is 9.98. The zero-order valence-corrected chi connectivity index (χ0v) is 18.0. The molecule has 1 saturated heterocycles. The molecule has 1 N–H and O–H groups in total. The number of rotatable bonds is 7. The van der Waals surface area contributed by atoms with E-state index in [0.717, 1.165) is 56.5 Å². The Morgan fingerprint density at radius 1 is 1.00 bits per heavy atom. The summed E-state index contributed by atoms with van der Waals surface area (Å²) < 4.78 is 5.82. The fourth-order valence-electron chi connectivity index (χ4n) is 3.79. The molecule has 0 aromatic heterocycles. The smallest absolute Gasteiger partial charge is 0.262 e. The highest BCUT2D eigenvalue weighted by Crippen LogP contribution is 2.28. The van der Waals surface area contributed by atoms with Crippen molar-refractivity contribution in [3.05, 3.63) is 59.7 Å². The first-order valence-corrected chi connectivity index (χ1v) is 11.0. The van der Waals surface area contributed by atoms with E-state index in [-0.39, 0.29) is 18.4 Å². The quantitative estimate of drug-likeness (QED) is 0.682. The fourth-order valence-corrected chi connectivity index (χ4v) is 3.79. The fraction of sp³-hybridized carbons (Fsp3) is 0.440. The van der Waals surface area contributed by atoms with Crippen LogP contribution in [-0.2, 0) is 4.79 Å². The first kappa shape index (κ1) is 21.9. The Kier molecular flexibility index (Phi) is 7.89. The monoisotopic (exact) mass is 408 g/mol. The van der Waals surface area contributed by atoms with E-state index in [0.29, 0.717) is 17.2 Å². The van der Waals surface area contributed by atoms with Crippen molar-refractivity contribution in [2.45, 2.75) is 51.9 Å². The molecule has 0 aliphatic carbocycles. The van der Waals surface area contributed by atoms with E-state index in [1.165, 1.54) is 0 Å². The van der Waals surface area contributed by atoms with E-state index in [1.807, 2.05) is 41.3 Å². The van der Waals surface area contributed by atoms with E-state index < -0.39 is 0 Å². The van der Waals surface area contributed by atoms with Gasteiger partial charge in [0.05, 0.1) is 11.3 Å². The van der Waals surface area contributed by atoms with Crippen molar-refractivity contribution in [2.24, 2.45) is 0 Å². The van der Waals surface area contributed by atoms with Crippen molar-refractivity contribution in [2.75, 3.05) is 25.0 Å². The van der Waals surface area contributed by atoms with Crippen LogP contribution in [0.3, 0.4) is 0 Å². The summed E-state index contributed by atoms with van der Waals surface area (Å²) in [5.41, 5.74) is 2.17. The summed E-state index contributed by atoms with van der Waals surface area (Å²) in [4.78, 5) is 27.5. The molecule has 5 heteroatoms. The summed E-state index contributed by atoms with van der Waals surface area (Å²) in [6.45, 7) is 5.73. The van der Waals surface area contributed by atoms with Crippen molar-refractivity contribution >= 4 is 17.5 Å². The van der Waals surface area contributed by atoms with E-state index in [9.17, 15) is 9.59 Å². The summed E-state index contributed by atoms with van der Waals surface area (Å²) >= 11 is 0. The Morgan fingerprint density at radius 3 is 2.40 bits per heavy atom. The molecule has 0 bridgehead atoms. The maximum atomic E-state index is 13.0. The van der Waals surface area contributed by atoms with Gasteiger partial charge in [0.1, 0.15) is 5.75 Å². The topological polar surface area (TPSA) is 58.6 Å². The minimum absolute atomic E-state index is 0.0177. The predicted octanol–water partition coefficient (Wildman–Crippen LogP) is 5.23. The van der Waals surface area contributed by atoms with Crippen molar-refractivity contribution in [3.63, 3.8) is 0 Å². The molecule has 1 heterocycles. The SMILES string of the molecule is CCC(C)c1ccccc1OCC(=O)Nc1ccccc1C(=O)N1CCCCCC1. The maximum Gasteiger partial charge on any atom is 0.262 e. The summed E-state index contributed by atoms with van der Waals surface area (Å²) in [6, 6.07) is 15.0. The molecule has 30 heavy (non-hydrogen) atoms. The van der Waals surface area contributed by atoms with Gasteiger partial charge >= 0.3 is 0 Å². The van der Waals surface area contributed by atoms with Gasteiger partial charge in [-0.1, -0.05) is 57.0 Å². The van der Waals surface area contributed by atoms with Gasteiger partial charge in [-0.05, 0) is 48.9 Å². The first-order valence-electron chi connectivity index (χ1n) is 11.0. The standard InChI is InChI=1S/C25H32N2O3/c1-3-19(2)20-12-7-9-15-23(20)30-18-24(28)26-22-14-8-6-13-21(22)25(29)27-16-10-4-5-11-17-27/h6-9,12-15,19H,3-5,10-11,16-18H2,1-2H3,(H,26,28). The maximum absolute atomic E-state index is 13.0. The van der Waals surface area contributed by atoms with Crippen LogP contribution in [0.4, 0.5) is 5.69 Å². The predicted molar refractivity (Wildman–Crippen MR) is 120 cm³/mol. The molecule has 1 aliphatic rings. The summed E-state index contributed by atoms with van der Waals surface area (Å²) in [6.07, 6.45) is 5.39. The molecule has 0 saturated carbocycles. The summed E-state index contributed by atoms with van der Waals surface area (Å²) in [5, 5.41) is 2.87.